The van der Waals surface area contributed by atoms with Crippen molar-refractivity contribution in [2.75, 3.05) is 5.32 Å². The maximum absolute atomic E-state index is 3.38. The van der Waals surface area contributed by atoms with Gasteiger partial charge < -0.3 is 5.32 Å². The third-order valence-electron chi connectivity index (χ3n) is 5.24. The quantitative estimate of drug-likeness (QED) is 0.571. The minimum absolute atomic E-state index is 0.0609. The van der Waals surface area contributed by atoms with E-state index in [2.05, 4.69) is 80.0 Å². The molecule has 3 aromatic carbocycles. The molecule has 0 amide bonds. The average molecular weight is 283 g/mol. The maximum Gasteiger partial charge on any atom is 0.0465 e. The van der Waals surface area contributed by atoms with Crippen LogP contribution in [0.2, 0.25) is 0 Å². The molecule has 0 saturated carbocycles. The number of rotatable bonds is 0. The molecule has 0 saturated heterocycles. The van der Waals surface area contributed by atoms with Gasteiger partial charge in [0.25, 0.3) is 0 Å². The van der Waals surface area contributed by atoms with Crippen LogP contribution in [0.15, 0.2) is 54.7 Å². The van der Waals surface area contributed by atoms with E-state index < -0.39 is 0 Å². The van der Waals surface area contributed by atoms with Gasteiger partial charge in [-0.25, -0.2) is 0 Å². The Morgan fingerprint density at radius 3 is 2.68 bits per heavy atom. The van der Waals surface area contributed by atoms with E-state index in [-0.39, 0.29) is 5.41 Å². The fourth-order valence-corrected chi connectivity index (χ4v) is 4.16. The fraction of sp³-hybridized carbons (Fsp3) is 0.143. The van der Waals surface area contributed by atoms with Crippen LogP contribution in [0.1, 0.15) is 30.5 Å². The molecule has 0 bridgehead atoms. The number of fused-ring (bicyclic) bond motifs is 4. The van der Waals surface area contributed by atoms with E-state index in [1.165, 1.54) is 44.3 Å². The van der Waals surface area contributed by atoms with E-state index in [1.54, 1.807) is 0 Å². The van der Waals surface area contributed by atoms with Crippen LogP contribution in [-0.4, -0.2) is 0 Å². The summed E-state index contributed by atoms with van der Waals surface area (Å²) in [6, 6.07) is 17.8. The lowest BCUT2D eigenvalue weighted by Crippen LogP contribution is -2.15. The highest BCUT2D eigenvalue weighted by molar-refractivity contribution is 6.09. The molecular formula is C21H17N. The van der Waals surface area contributed by atoms with E-state index in [0.29, 0.717) is 0 Å². The lowest BCUT2D eigenvalue weighted by molar-refractivity contribution is 0.661. The normalized spacial score (nSPS) is 16.3. The lowest BCUT2D eigenvalue weighted by atomic mass is 9.81. The van der Waals surface area contributed by atoms with Gasteiger partial charge in [-0.3, -0.25) is 0 Å². The van der Waals surface area contributed by atoms with Crippen LogP contribution in [0.3, 0.4) is 0 Å². The van der Waals surface area contributed by atoms with Crippen molar-refractivity contribution < 1.29 is 0 Å². The van der Waals surface area contributed by atoms with Crippen LogP contribution >= 0.6 is 0 Å². The largest absolute Gasteiger partial charge is 0.361 e. The molecule has 22 heavy (non-hydrogen) atoms. The molecule has 1 N–H and O–H groups in total. The Bertz CT molecular complexity index is 977. The third kappa shape index (κ3) is 1.29. The van der Waals surface area contributed by atoms with Gasteiger partial charge in [0.1, 0.15) is 0 Å². The van der Waals surface area contributed by atoms with Crippen LogP contribution in [0, 0.1) is 0 Å². The molecule has 0 radical (unpaired) electrons. The summed E-state index contributed by atoms with van der Waals surface area (Å²) >= 11 is 0. The highest BCUT2D eigenvalue weighted by atomic mass is 14.8. The highest BCUT2D eigenvalue weighted by Crippen LogP contribution is 2.53. The van der Waals surface area contributed by atoms with Crippen molar-refractivity contribution in [1.29, 1.82) is 0 Å². The van der Waals surface area contributed by atoms with Gasteiger partial charge in [0, 0.05) is 22.7 Å². The lowest BCUT2D eigenvalue weighted by Gasteiger charge is -2.23. The van der Waals surface area contributed by atoms with Gasteiger partial charge in [-0.1, -0.05) is 50.2 Å². The molecule has 3 aromatic rings. The van der Waals surface area contributed by atoms with Crippen molar-refractivity contribution in [2.45, 2.75) is 19.3 Å². The van der Waals surface area contributed by atoms with Crippen LogP contribution < -0.4 is 5.32 Å². The van der Waals surface area contributed by atoms with Crippen LogP contribution in [0.5, 0.6) is 0 Å². The Hall–Kier alpha value is -2.54. The second-order valence-electron chi connectivity index (χ2n) is 6.76. The van der Waals surface area contributed by atoms with Gasteiger partial charge in [-0.2, -0.15) is 0 Å². The number of anilines is 1. The zero-order valence-electron chi connectivity index (χ0n) is 12.8. The predicted molar refractivity (Wildman–Crippen MR) is 94.2 cm³/mol. The Labute approximate surface area is 130 Å². The Balaban J connectivity index is 2.03. The molecule has 1 aliphatic carbocycles. The molecule has 0 fully saturated rings. The number of benzene rings is 3. The summed E-state index contributed by atoms with van der Waals surface area (Å²) in [6.07, 6.45) is 4.29. The molecule has 2 aliphatic rings. The van der Waals surface area contributed by atoms with Crippen LogP contribution in [0.4, 0.5) is 5.69 Å². The van der Waals surface area contributed by atoms with E-state index in [4.69, 9.17) is 0 Å². The minimum Gasteiger partial charge on any atom is -0.361 e. The van der Waals surface area contributed by atoms with Gasteiger partial charge in [0.05, 0.1) is 0 Å². The van der Waals surface area contributed by atoms with Gasteiger partial charge in [-0.15, -0.1) is 0 Å². The third-order valence-corrected chi connectivity index (χ3v) is 5.24. The summed E-state index contributed by atoms with van der Waals surface area (Å²) in [7, 11) is 0. The molecule has 5 rings (SSSR count). The molecule has 1 heteroatoms. The summed E-state index contributed by atoms with van der Waals surface area (Å²) in [5.41, 5.74) is 8.31. The molecule has 0 aromatic heterocycles. The first-order valence-electron chi connectivity index (χ1n) is 7.81. The standard InChI is InChI=1S/C21H17N/c1-21(2)16-8-4-3-7-14(16)20-15-10-11-22-18-9-5-6-13(19(15)18)12-17(20)21/h3-12,22H,1-2H3. The molecule has 0 unspecified atom stereocenters. The zero-order valence-corrected chi connectivity index (χ0v) is 12.8. The van der Waals surface area contributed by atoms with Crippen molar-refractivity contribution in [3.05, 3.63) is 71.4 Å². The van der Waals surface area contributed by atoms with Gasteiger partial charge in [0.2, 0.25) is 0 Å². The first-order chi connectivity index (χ1) is 10.7. The smallest absolute Gasteiger partial charge is 0.0465 e. The second-order valence-corrected chi connectivity index (χ2v) is 6.76. The number of hydrogen-bond acceptors (Lipinski definition) is 1. The molecule has 106 valence electrons. The van der Waals surface area contributed by atoms with Crippen LogP contribution in [-0.2, 0) is 5.41 Å². The summed E-state index contributed by atoms with van der Waals surface area (Å²) in [6.45, 7) is 4.68. The monoisotopic (exact) mass is 283 g/mol. The van der Waals surface area contributed by atoms with Crippen LogP contribution in [0.25, 0.3) is 28.0 Å². The second kappa shape index (κ2) is 3.80. The molecule has 1 heterocycles. The van der Waals surface area contributed by atoms with E-state index in [9.17, 15) is 0 Å². The first-order valence-corrected chi connectivity index (χ1v) is 7.81. The molecule has 0 atom stereocenters. The van der Waals surface area contributed by atoms with E-state index >= 15 is 0 Å². The molecule has 1 aliphatic heterocycles. The van der Waals surface area contributed by atoms with E-state index in [0.717, 1.165) is 0 Å². The van der Waals surface area contributed by atoms with Gasteiger partial charge in [0.15, 0.2) is 0 Å². The van der Waals surface area contributed by atoms with E-state index in [1.807, 2.05) is 0 Å². The summed E-state index contributed by atoms with van der Waals surface area (Å²) < 4.78 is 0. The Morgan fingerprint density at radius 1 is 0.909 bits per heavy atom. The fourth-order valence-electron chi connectivity index (χ4n) is 4.16. The summed E-state index contributed by atoms with van der Waals surface area (Å²) in [5, 5.41) is 6.05. The molecular weight excluding hydrogens is 266 g/mol. The molecule has 1 nitrogen and oxygen atoms in total. The SMILES string of the molecule is CC1(C)c2ccccc2-c2c1cc1cccc3c1c2C=CN3. The first kappa shape index (κ1) is 12.0. The topological polar surface area (TPSA) is 12.0 Å². The highest BCUT2D eigenvalue weighted by Gasteiger charge is 2.37. The van der Waals surface area contributed by atoms with Crippen molar-refractivity contribution in [3.8, 4) is 11.1 Å². The van der Waals surface area contributed by atoms with Crippen molar-refractivity contribution in [2.24, 2.45) is 0 Å². The number of nitrogens with one attached hydrogen (secondary N) is 1. The Kier molecular flexibility index (Phi) is 2.08. The summed E-state index contributed by atoms with van der Waals surface area (Å²) in [5.74, 6) is 0. The van der Waals surface area contributed by atoms with Crippen molar-refractivity contribution >= 4 is 22.5 Å². The maximum atomic E-state index is 3.38. The Morgan fingerprint density at radius 2 is 1.77 bits per heavy atom. The van der Waals surface area contributed by atoms with Gasteiger partial charge in [-0.05, 0) is 51.4 Å². The van der Waals surface area contributed by atoms with Gasteiger partial charge >= 0.3 is 0 Å². The summed E-state index contributed by atoms with van der Waals surface area (Å²) in [4.78, 5) is 0. The van der Waals surface area contributed by atoms with Crippen molar-refractivity contribution in [3.63, 3.8) is 0 Å². The predicted octanol–water partition coefficient (Wildman–Crippen LogP) is 5.54. The van der Waals surface area contributed by atoms with Crippen molar-refractivity contribution in [1.82, 2.24) is 0 Å². The average Bonchev–Trinajstić information content (AvgIpc) is 2.77. The number of hydrogen-bond donors (Lipinski definition) is 1. The zero-order chi connectivity index (χ0) is 14.9. The minimum atomic E-state index is 0.0609. The molecule has 0 spiro atoms.